The number of carbonyl (C=O) groups excluding carboxylic acids is 12. The van der Waals surface area contributed by atoms with E-state index in [9.17, 15) is 73.2 Å². The number of amides is 8. The number of nitriles is 2. The molecule has 6 aromatic carbocycles. The number of anilines is 2. The van der Waals surface area contributed by atoms with E-state index in [2.05, 4.69) is 57.2 Å². The van der Waals surface area contributed by atoms with E-state index in [1.807, 2.05) is 114 Å². The number of fused-ring (bicyclic) bond motifs is 3. The number of nitrogens with zero attached hydrogens (tertiary/aromatic N) is 4. The first-order valence-corrected chi connectivity index (χ1v) is 43.1. The molecule has 4 saturated heterocycles. The van der Waals surface area contributed by atoms with Crippen LogP contribution < -0.4 is 56.3 Å². The number of aromatic nitrogens is 3. The minimum Gasteiger partial charge on any atom is -0.496 e. The van der Waals surface area contributed by atoms with E-state index >= 15 is 0 Å². The number of benzene rings is 6. The van der Waals surface area contributed by atoms with Crippen LogP contribution in [0.4, 0.5) is 26.7 Å². The molecule has 12 N–H and O–H groups in total. The molecule has 0 aliphatic carbocycles. The van der Waals surface area contributed by atoms with Gasteiger partial charge in [-0.2, -0.15) is 15.5 Å². The summed E-state index contributed by atoms with van der Waals surface area (Å²) in [5.41, 5.74) is 4.98. The quantitative estimate of drug-likeness (QED) is 0.00744. The molecule has 13 rings (SSSR count). The Morgan fingerprint density at radius 2 is 0.907 bits per heavy atom. The van der Waals surface area contributed by atoms with E-state index in [0.29, 0.717) is 110 Å². The highest BCUT2D eigenvalue weighted by Crippen LogP contribution is 2.35. The second kappa shape index (κ2) is 46.8. The van der Waals surface area contributed by atoms with Gasteiger partial charge in [0.05, 0.1) is 74.0 Å². The van der Waals surface area contributed by atoms with Crippen molar-refractivity contribution in [1.82, 2.24) is 46.9 Å². The number of aliphatic imine (C=N–C) groups is 1. The van der Waals surface area contributed by atoms with Crippen LogP contribution in [0.5, 0.6) is 17.2 Å². The molecule has 4 aliphatic heterocycles. The Labute approximate surface area is 746 Å². The Bertz CT molecular complexity index is 5600. The van der Waals surface area contributed by atoms with Crippen molar-refractivity contribution in [3.8, 4) is 29.4 Å². The van der Waals surface area contributed by atoms with Crippen molar-refractivity contribution >= 4 is 127 Å². The third-order valence-electron chi connectivity index (χ3n) is 22.7. The summed E-state index contributed by atoms with van der Waals surface area (Å²) in [6, 6.07) is 48.9. The number of ketones is 3. The van der Waals surface area contributed by atoms with Crippen LogP contribution in [-0.2, 0) is 43.0 Å². The molecule has 678 valence electrons. The van der Waals surface area contributed by atoms with E-state index in [0.717, 1.165) is 37.6 Å². The van der Waals surface area contributed by atoms with Gasteiger partial charge < -0.3 is 75.6 Å². The maximum atomic E-state index is 13.9. The minimum atomic E-state index is -1.45. The molecule has 0 saturated carbocycles. The molecular formula is C96H111N15O18. The predicted octanol–water partition coefficient (Wildman–Crippen LogP) is 12.9. The van der Waals surface area contributed by atoms with Crippen molar-refractivity contribution in [2.45, 2.75) is 155 Å². The van der Waals surface area contributed by atoms with Crippen LogP contribution in [0.15, 0.2) is 169 Å². The Hall–Kier alpha value is -14.3. The zero-order chi connectivity index (χ0) is 93.0. The van der Waals surface area contributed by atoms with Crippen molar-refractivity contribution < 1.29 is 86.3 Å². The average molecular weight is 1760 g/mol. The molecule has 0 bridgehead atoms. The molecule has 8 amide bonds. The zero-order valence-corrected chi connectivity index (χ0v) is 73.5. The van der Waals surface area contributed by atoms with Crippen molar-refractivity contribution in [1.29, 1.82) is 15.9 Å². The monoisotopic (exact) mass is 1760 g/mol. The van der Waals surface area contributed by atoms with Gasteiger partial charge in [-0.25, -0.2) is 19.3 Å². The van der Waals surface area contributed by atoms with E-state index in [-0.39, 0.29) is 109 Å². The molecule has 4 aliphatic rings. The summed E-state index contributed by atoms with van der Waals surface area (Å²) in [4.78, 5) is 167. The summed E-state index contributed by atoms with van der Waals surface area (Å²) in [5.74, 6) is -3.57. The van der Waals surface area contributed by atoms with E-state index in [1.54, 1.807) is 124 Å². The second-order valence-corrected chi connectivity index (χ2v) is 33.5. The fourth-order valence-corrected chi connectivity index (χ4v) is 16.3. The third-order valence-corrected chi connectivity index (χ3v) is 22.7. The second-order valence-electron chi connectivity index (χ2n) is 33.5. The Morgan fingerprint density at radius 3 is 1.29 bits per heavy atom. The largest absolute Gasteiger partial charge is 0.496 e. The van der Waals surface area contributed by atoms with Crippen LogP contribution >= 0.6 is 0 Å². The molecule has 4 fully saturated rings. The lowest BCUT2D eigenvalue weighted by Crippen LogP contribution is -2.50. The summed E-state index contributed by atoms with van der Waals surface area (Å²) in [6.07, 6.45) is -0.781. The molecule has 0 spiro atoms. The predicted molar refractivity (Wildman–Crippen MR) is 482 cm³/mol. The maximum Gasteiger partial charge on any atom is 0.420 e. The maximum absolute atomic E-state index is 13.9. The van der Waals surface area contributed by atoms with Crippen LogP contribution in [0.1, 0.15) is 150 Å². The molecule has 33 nitrogen and oxygen atoms in total. The topological polar surface area (TPSA) is 490 Å². The lowest BCUT2D eigenvalue weighted by molar-refractivity contribution is -0.128. The number of hydrogen-bond acceptors (Lipinski definition) is 22. The number of Topliss-reactive ketones (excluding diaryl/α,β-unsaturated/α-hetero) is 3. The molecule has 0 radical (unpaired) electrons. The number of aliphatic hydroxyl groups is 1. The molecule has 7 heterocycles. The van der Waals surface area contributed by atoms with E-state index in [4.69, 9.17) is 29.1 Å². The zero-order valence-electron chi connectivity index (χ0n) is 73.5. The van der Waals surface area contributed by atoms with Gasteiger partial charge in [-0.3, -0.25) is 53.9 Å². The van der Waals surface area contributed by atoms with Crippen LogP contribution in [0.2, 0.25) is 0 Å². The van der Waals surface area contributed by atoms with Gasteiger partial charge in [0.15, 0.2) is 35.4 Å². The van der Waals surface area contributed by atoms with Crippen LogP contribution in [0, 0.1) is 81.3 Å². The first kappa shape index (κ1) is 96.9. The van der Waals surface area contributed by atoms with Crippen molar-refractivity contribution in [3.05, 3.63) is 181 Å². The lowest BCUT2D eigenvalue weighted by Gasteiger charge is -2.28. The average Bonchev–Trinajstić information content (AvgIpc) is 1.65. The molecular weight excluding hydrogens is 1650 g/mol. The van der Waals surface area contributed by atoms with E-state index < -0.39 is 90.0 Å². The van der Waals surface area contributed by atoms with Crippen molar-refractivity contribution in [3.63, 3.8) is 0 Å². The summed E-state index contributed by atoms with van der Waals surface area (Å²) in [5, 5.41) is 60.0. The number of rotatable bonds is 37. The molecule has 3 unspecified atom stereocenters. The summed E-state index contributed by atoms with van der Waals surface area (Å²) in [6.45, 7) is 13.3. The van der Waals surface area contributed by atoms with Gasteiger partial charge in [-0.05, 0) is 167 Å². The number of carbonyl (C=O) groups is 11. The minimum absolute atomic E-state index is 0.0293. The van der Waals surface area contributed by atoms with Gasteiger partial charge in [-0.1, -0.05) is 114 Å². The van der Waals surface area contributed by atoms with E-state index in [1.165, 1.54) is 6.08 Å². The number of hydrogen-bond donors (Lipinski definition) is 12. The van der Waals surface area contributed by atoms with Crippen LogP contribution in [0.25, 0.3) is 32.7 Å². The number of methoxy groups -OCH3 is 3. The summed E-state index contributed by atoms with van der Waals surface area (Å²) < 4.78 is 27.3. The highest BCUT2D eigenvalue weighted by Gasteiger charge is 2.47. The number of amidine groups is 1. The van der Waals surface area contributed by atoms with Gasteiger partial charge in [0.2, 0.25) is 47.6 Å². The normalized spacial score (nSPS) is 17.5. The molecule has 12 atom stereocenters. The molecule has 3 aromatic heterocycles. The number of para-hydroxylation sites is 3. The van der Waals surface area contributed by atoms with Gasteiger partial charge in [0.25, 0.3) is 0 Å². The number of H-pyrrole nitrogens is 3. The van der Waals surface area contributed by atoms with Crippen LogP contribution in [0.3, 0.4) is 0 Å². The third kappa shape index (κ3) is 26.7. The number of nitrogens with one attached hydrogen (secondary N) is 11. The lowest BCUT2D eigenvalue weighted by atomic mass is 9.89. The molecule has 33 heteroatoms. The highest BCUT2D eigenvalue weighted by molar-refractivity contribution is 6.20. The van der Waals surface area contributed by atoms with Gasteiger partial charge in [-0.15, -0.1) is 0 Å². The highest BCUT2D eigenvalue weighted by atomic mass is 16.6. The Morgan fingerprint density at radius 1 is 0.519 bits per heavy atom. The van der Waals surface area contributed by atoms with Crippen molar-refractivity contribution in [2.24, 2.45) is 58.3 Å². The molecule has 129 heavy (non-hydrogen) atoms. The molecule has 9 aromatic rings. The van der Waals surface area contributed by atoms with Gasteiger partial charge in [0.1, 0.15) is 23.3 Å². The summed E-state index contributed by atoms with van der Waals surface area (Å²) >= 11 is 0. The van der Waals surface area contributed by atoms with Crippen LogP contribution in [-0.4, -0.2) is 174 Å². The Balaban J connectivity index is 0.000000193. The number of aliphatic hydroxyl groups excluding tert-OH is 1. The fraction of sp³-hybridized carbons (Fsp3) is 0.406. The Kier molecular flexibility index (Phi) is 35.1. The fourth-order valence-electron chi connectivity index (χ4n) is 16.3. The number of isocyanates is 1. The SMILES string of the molecule is COc1cccc2[nH]c(C(=O)C[C@@H](CC(C)C)C(=O)N[C@@H](C[C@@H]3CCNC3=O)C(C#N)OC(=O)Nc3ccccc3)cc12.COc1cccc2[nH]c(C(=O)C[C@@H](CC(C)C)C(=O)N[C@@H](C[C@@H]3CCNC3=O)C(O)C#N)cc12.COc1cccc2[nH]c(C(=O)C[C@@H](CC(C)C)C(=O)N[C@@H](C[C@@H]3CCNC3=O)C3OC(=O)N(c4ccccc4)C3=N)cc12.O=C=Nc1ccccc1. The standard InChI is InChI=1S/2C32H37N5O6.C25H32N4O5.C7H5NO/c1-18(2)14-20(16-26(38)24-17-22-23(35-24)10-7-11-27(22)42-3)31(40)36-25(15-19-12-13-34-30(19)39)28-29(33)37(32(41)43-28)21-8-5-4-6-9-21;1-19(2)14-21(16-27(38)25-17-23-24(36-25)10-7-11-28(23)42-3)31(40)37-26(15-20-12-13-34-30(20)39)29(18-33)43-32(41)35-22-8-5-4-6-9-22;1-14(2)9-16(11-21(30)20-12-17-18(28-20)5-4-6-23(17)34-3)25(33)29-19(22(31)13-26)10-15-7-8-27-24(15)32;9-6-8-7-4-2-1-3-5-7/h4-11,17-20,25,28,33,35H,12-16H2,1-3H3,(H,34,39)(H,36,40);4-11,17,19-21,26,29,36H,12-16H2,1-3H3,(H,34,39)(H,35,41)(H,37,40);4-6,12,14-16,19,22,28,31H,7-11H2,1-3H3,(H,27,32)(H,29,33);1-5H/t19-,20+,25-,28?;20-,21+,26-,29?;15-,16+,19-,22?;/m000./s1. The number of aromatic amines is 3. The number of ether oxygens (including phenoxy) is 5. The first-order chi connectivity index (χ1) is 62.0. The number of cyclic esters (lactones) is 1. The van der Waals surface area contributed by atoms with Gasteiger partial charge in [0, 0.05) is 113 Å². The summed E-state index contributed by atoms with van der Waals surface area (Å²) in [7, 11) is 4.69. The smallest absolute Gasteiger partial charge is 0.420 e. The first-order valence-electron chi connectivity index (χ1n) is 43.1. The van der Waals surface area contributed by atoms with Crippen molar-refractivity contribution in [2.75, 3.05) is 51.2 Å². The van der Waals surface area contributed by atoms with Gasteiger partial charge >= 0.3 is 12.2 Å².